The average Bonchev–Trinajstić information content (AvgIpc) is 3.09. The molecule has 8 nitrogen and oxygen atoms in total. The van der Waals surface area contributed by atoms with Crippen LogP contribution < -0.4 is 24.6 Å². The lowest BCUT2D eigenvalue weighted by atomic mass is 9.76. The predicted molar refractivity (Wildman–Crippen MR) is 187 cm³/mol. The van der Waals surface area contributed by atoms with Crippen molar-refractivity contribution in [2.24, 2.45) is 0 Å². The van der Waals surface area contributed by atoms with Crippen LogP contribution in [-0.4, -0.2) is 44.1 Å². The molecule has 244 valence electrons. The summed E-state index contributed by atoms with van der Waals surface area (Å²) in [5, 5.41) is 2.68. The van der Waals surface area contributed by atoms with Crippen molar-refractivity contribution in [2.75, 3.05) is 36.1 Å². The van der Waals surface area contributed by atoms with E-state index in [1.807, 2.05) is 62.4 Å². The summed E-state index contributed by atoms with van der Waals surface area (Å²) < 4.78 is 11.4. The van der Waals surface area contributed by atoms with Gasteiger partial charge in [0.1, 0.15) is 5.57 Å². The Morgan fingerprint density at radius 2 is 1.40 bits per heavy atom. The number of carbonyl (C=O) groups excluding carboxylic acids is 3. The Hall–Kier alpha value is -5.08. The van der Waals surface area contributed by atoms with Gasteiger partial charge in [-0.1, -0.05) is 72.3 Å². The van der Waals surface area contributed by atoms with Gasteiger partial charge in [0.05, 0.1) is 23.9 Å². The van der Waals surface area contributed by atoms with E-state index in [0.29, 0.717) is 36.0 Å². The van der Waals surface area contributed by atoms with E-state index in [1.165, 1.54) is 22.9 Å². The molecule has 4 aromatic rings. The van der Waals surface area contributed by atoms with Crippen molar-refractivity contribution in [1.82, 2.24) is 5.32 Å². The monoisotopic (exact) mass is 661 g/mol. The van der Waals surface area contributed by atoms with Gasteiger partial charge in [0.15, 0.2) is 11.5 Å². The number of halogens is 1. The quantitative estimate of drug-likeness (QED) is 0.154. The van der Waals surface area contributed by atoms with E-state index in [2.05, 4.69) is 34.5 Å². The van der Waals surface area contributed by atoms with Crippen LogP contribution in [0, 0.1) is 0 Å². The molecule has 9 heteroatoms. The minimum Gasteiger partial charge on any atom is -0.490 e. The lowest BCUT2D eigenvalue weighted by molar-refractivity contribution is -0.122. The Kier molecular flexibility index (Phi) is 8.67. The Bertz CT molecular complexity index is 1850. The molecule has 3 heterocycles. The second kappa shape index (κ2) is 13.2. The van der Waals surface area contributed by atoms with Crippen LogP contribution in [0.15, 0.2) is 90.5 Å². The van der Waals surface area contributed by atoms with E-state index in [0.717, 1.165) is 42.0 Å². The number of hydrogen-bond acceptors (Lipinski definition) is 6. The van der Waals surface area contributed by atoms with Crippen LogP contribution >= 0.6 is 11.6 Å². The van der Waals surface area contributed by atoms with E-state index in [1.54, 1.807) is 12.1 Å². The van der Waals surface area contributed by atoms with Gasteiger partial charge < -0.3 is 14.4 Å². The number of nitrogens with zero attached hydrogens (tertiary/aromatic N) is 2. The van der Waals surface area contributed by atoms with Crippen molar-refractivity contribution in [2.45, 2.75) is 38.5 Å². The average molecular weight is 662 g/mol. The first-order valence-corrected chi connectivity index (χ1v) is 16.8. The third kappa shape index (κ3) is 5.70. The van der Waals surface area contributed by atoms with Crippen molar-refractivity contribution < 1.29 is 23.9 Å². The number of imide groups is 2. The number of urea groups is 1. The highest BCUT2D eigenvalue weighted by Crippen LogP contribution is 2.50. The van der Waals surface area contributed by atoms with E-state index < -0.39 is 17.8 Å². The first kappa shape index (κ1) is 31.5. The summed E-state index contributed by atoms with van der Waals surface area (Å²) in [4.78, 5) is 44.5. The molecule has 48 heavy (non-hydrogen) atoms. The highest BCUT2D eigenvalue weighted by atomic mass is 35.5. The number of ether oxygens (including phenoxy) is 2. The molecule has 0 radical (unpaired) electrons. The molecule has 1 fully saturated rings. The molecular weight excluding hydrogens is 626 g/mol. The molecule has 1 saturated heterocycles. The van der Waals surface area contributed by atoms with Crippen LogP contribution in [-0.2, 0) is 9.59 Å². The number of nitrogens with one attached hydrogen (secondary N) is 1. The van der Waals surface area contributed by atoms with Crippen LogP contribution in [0.25, 0.3) is 6.08 Å². The molecule has 3 aliphatic rings. The number of carbonyl (C=O) groups is 3. The van der Waals surface area contributed by atoms with Crippen LogP contribution in [0.5, 0.6) is 11.5 Å². The zero-order chi connectivity index (χ0) is 33.4. The summed E-state index contributed by atoms with van der Waals surface area (Å²) in [6.07, 6.45) is 3.24. The Balaban J connectivity index is 1.36. The van der Waals surface area contributed by atoms with E-state index in [-0.39, 0.29) is 22.4 Å². The Morgan fingerprint density at radius 1 is 0.812 bits per heavy atom. The predicted octanol–water partition coefficient (Wildman–Crippen LogP) is 7.68. The highest BCUT2D eigenvalue weighted by Gasteiger charge is 2.40. The molecule has 0 spiro atoms. The molecular formula is C39H36ClN3O5. The minimum absolute atomic E-state index is 0.0771. The second-order valence-electron chi connectivity index (χ2n) is 12.1. The number of benzene rings is 4. The topological polar surface area (TPSA) is 88.2 Å². The SMILES string of the molecule is CCOc1cc(/C=C2\C(=O)NC(=O)N(c3cc4c5c(c3)[C@H](c3ccccc3)CCN5CC[C@@H]4c3ccccc3)C2=O)cc(Cl)c1OCC. The molecule has 0 bridgehead atoms. The maximum Gasteiger partial charge on any atom is 0.335 e. The molecule has 7 rings (SSSR count). The molecule has 4 amide bonds. The molecule has 0 aliphatic carbocycles. The van der Waals surface area contributed by atoms with Crippen LogP contribution in [0.4, 0.5) is 16.2 Å². The van der Waals surface area contributed by atoms with E-state index >= 15 is 0 Å². The first-order valence-electron chi connectivity index (χ1n) is 16.4. The molecule has 0 unspecified atom stereocenters. The van der Waals surface area contributed by atoms with Gasteiger partial charge in [0, 0.05) is 30.6 Å². The second-order valence-corrected chi connectivity index (χ2v) is 12.5. The maximum absolute atomic E-state index is 14.2. The molecule has 0 saturated carbocycles. The summed E-state index contributed by atoms with van der Waals surface area (Å²) in [6, 6.07) is 27.1. The van der Waals surface area contributed by atoms with Crippen LogP contribution in [0.2, 0.25) is 5.02 Å². The highest BCUT2D eigenvalue weighted by molar-refractivity contribution is 6.39. The van der Waals surface area contributed by atoms with Gasteiger partial charge >= 0.3 is 6.03 Å². The fourth-order valence-electron chi connectivity index (χ4n) is 7.25. The van der Waals surface area contributed by atoms with Gasteiger partial charge in [-0.3, -0.25) is 14.9 Å². The summed E-state index contributed by atoms with van der Waals surface area (Å²) in [7, 11) is 0. The fourth-order valence-corrected chi connectivity index (χ4v) is 7.52. The number of anilines is 2. The smallest absolute Gasteiger partial charge is 0.335 e. The summed E-state index contributed by atoms with van der Waals surface area (Å²) in [6.45, 7) is 6.26. The molecule has 3 aliphatic heterocycles. The number of hydrogen-bond donors (Lipinski definition) is 1. The van der Waals surface area contributed by atoms with Crippen molar-refractivity contribution in [3.8, 4) is 11.5 Å². The lowest BCUT2D eigenvalue weighted by Gasteiger charge is -2.44. The van der Waals surface area contributed by atoms with Gasteiger partial charge in [0.2, 0.25) is 0 Å². The van der Waals surface area contributed by atoms with E-state index in [4.69, 9.17) is 21.1 Å². The molecule has 4 aromatic carbocycles. The van der Waals surface area contributed by atoms with Crippen LogP contribution in [0.1, 0.15) is 66.3 Å². The maximum atomic E-state index is 14.2. The van der Waals surface area contributed by atoms with E-state index in [9.17, 15) is 14.4 Å². The third-order valence-corrected chi connectivity index (χ3v) is 9.57. The van der Waals surface area contributed by atoms with Crippen molar-refractivity contribution in [3.63, 3.8) is 0 Å². The van der Waals surface area contributed by atoms with Gasteiger partial charge in [-0.2, -0.15) is 0 Å². The fraction of sp³-hybridized carbons (Fsp3) is 0.256. The Morgan fingerprint density at radius 3 is 1.96 bits per heavy atom. The molecule has 1 N–H and O–H groups in total. The van der Waals surface area contributed by atoms with Crippen LogP contribution in [0.3, 0.4) is 0 Å². The van der Waals surface area contributed by atoms with Gasteiger partial charge in [-0.25, -0.2) is 9.69 Å². The molecule has 0 aromatic heterocycles. The van der Waals surface area contributed by atoms with Gasteiger partial charge in [-0.05, 0) is 84.8 Å². The van der Waals surface area contributed by atoms with Crippen molar-refractivity contribution in [3.05, 3.63) is 123 Å². The first-order chi connectivity index (χ1) is 23.4. The zero-order valence-electron chi connectivity index (χ0n) is 26.9. The number of barbiturate groups is 1. The standard InChI is InChI=1S/C39H36ClN3O5/c1-3-47-34-21-24(20-33(40)36(34)48-4-2)19-32-37(44)41-39(46)43(38(32)45)27-22-30-28(25-11-7-5-8-12-25)15-17-42-18-16-29(31(23-27)35(30)42)26-13-9-6-10-14-26/h5-14,19-23,28-29H,3-4,15-18H2,1-2H3,(H,41,44,46)/b32-19+/t28-,29+. The summed E-state index contributed by atoms with van der Waals surface area (Å²) in [5.74, 6) is -0.555. The number of amides is 4. The van der Waals surface area contributed by atoms with Crippen molar-refractivity contribution in [1.29, 1.82) is 0 Å². The number of rotatable bonds is 8. The zero-order valence-corrected chi connectivity index (χ0v) is 27.6. The van der Waals surface area contributed by atoms with Crippen molar-refractivity contribution >= 4 is 46.9 Å². The van der Waals surface area contributed by atoms with Gasteiger partial charge in [0.25, 0.3) is 11.8 Å². The van der Waals surface area contributed by atoms with Gasteiger partial charge in [-0.15, -0.1) is 0 Å². The third-order valence-electron chi connectivity index (χ3n) is 9.29. The lowest BCUT2D eigenvalue weighted by Crippen LogP contribution is -2.54. The largest absolute Gasteiger partial charge is 0.490 e. The minimum atomic E-state index is -0.787. The molecule has 2 atom stereocenters. The Labute approximate surface area is 284 Å². The summed E-state index contributed by atoms with van der Waals surface area (Å²) in [5.41, 5.74) is 6.38. The normalized spacial score (nSPS) is 19.6. The summed E-state index contributed by atoms with van der Waals surface area (Å²) >= 11 is 6.55.